The fourth-order valence-electron chi connectivity index (χ4n) is 3.41. The molecule has 1 N–H and O–H groups in total. The van der Waals surface area contributed by atoms with Crippen LogP contribution in [0.25, 0.3) is 28.1 Å². The summed E-state index contributed by atoms with van der Waals surface area (Å²) in [5.41, 5.74) is 5.81. The largest absolute Gasteiger partial charge is 0.478 e. The van der Waals surface area contributed by atoms with E-state index in [9.17, 15) is 9.90 Å². The smallest absolute Gasteiger partial charge is 0.335 e. The molecule has 2 heterocycles. The summed E-state index contributed by atoms with van der Waals surface area (Å²) in [7, 11) is 0. The van der Waals surface area contributed by atoms with E-state index >= 15 is 0 Å². The summed E-state index contributed by atoms with van der Waals surface area (Å²) in [4.78, 5) is 20.8. The van der Waals surface area contributed by atoms with Crippen molar-refractivity contribution < 1.29 is 9.90 Å². The van der Waals surface area contributed by atoms with Gasteiger partial charge in [-0.3, -0.25) is 4.57 Å². The number of hydrogen-bond acceptors (Lipinski definition) is 3. The zero-order valence-electron chi connectivity index (χ0n) is 15.4. The second-order valence-corrected chi connectivity index (χ2v) is 6.66. The summed E-state index contributed by atoms with van der Waals surface area (Å²) in [6.07, 6.45) is 0. The molecule has 0 fully saturated rings. The van der Waals surface area contributed by atoms with Crippen LogP contribution in [0, 0.1) is 20.8 Å². The van der Waals surface area contributed by atoms with Crippen molar-refractivity contribution in [3.63, 3.8) is 0 Å². The van der Waals surface area contributed by atoms with Gasteiger partial charge in [0.2, 0.25) is 0 Å². The van der Waals surface area contributed by atoms with Crippen LogP contribution in [-0.4, -0.2) is 25.6 Å². The molecule has 27 heavy (non-hydrogen) atoms. The molecular formula is C22H19N3O2. The Morgan fingerprint density at radius 3 is 2.37 bits per heavy atom. The lowest BCUT2D eigenvalue weighted by molar-refractivity contribution is 0.0697. The number of benzene rings is 2. The van der Waals surface area contributed by atoms with E-state index in [-0.39, 0.29) is 5.56 Å². The number of fused-ring (bicyclic) bond motifs is 1. The molecule has 0 amide bonds. The third-order valence-electron chi connectivity index (χ3n) is 4.75. The van der Waals surface area contributed by atoms with E-state index in [4.69, 9.17) is 4.98 Å². The number of nitrogens with zero attached hydrogens (tertiary/aromatic N) is 3. The Bertz CT molecular complexity index is 1180. The van der Waals surface area contributed by atoms with Gasteiger partial charge in [0.25, 0.3) is 0 Å². The van der Waals surface area contributed by atoms with Gasteiger partial charge in [-0.25, -0.2) is 14.8 Å². The van der Waals surface area contributed by atoms with Gasteiger partial charge in [-0.1, -0.05) is 30.3 Å². The first-order valence-corrected chi connectivity index (χ1v) is 8.72. The highest BCUT2D eigenvalue weighted by molar-refractivity contribution is 5.89. The van der Waals surface area contributed by atoms with Gasteiger partial charge in [-0.15, -0.1) is 0 Å². The first kappa shape index (κ1) is 17.0. The minimum atomic E-state index is -0.928. The van der Waals surface area contributed by atoms with Crippen molar-refractivity contribution in [1.29, 1.82) is 0 Å². The zero-order valence-corrected chi connectivity index (χ0v) is 15.4. The summed E-state index contributed by atoms with van der Waals surface area (Å²) < 4.78 is 2.07. The van der Waals surface area contributed by atoms with E-state index in [0.717, 1.165) is 39.2 Å². The predicted molar refractivity (Wildman–Crippen MR) is 105 cm³/mol. The number of carboxylic acid groups (broad SMARTS) is 1. The molecule has 0 saturated heterocycles. The standard InChI is InChI=1S/C22H19N3O2/c1-13-11-17(22(26)27)9-10-19(13)25-14(2)12-18-15(3)23-20(24-21(18)25)16-7-5-4-6-8-16/h4-12H,1-3H3,(H,26,27). The van der Waals surface area contributed by atoms with Crippen molar-refractivity contribution in [3.05, 3.63) is 77.1 Å². The molecule has 0 unspecified atom stereocenters. The highest BCUT2D eigenvalue weighted by Gasteiger charge is 2.16. The Morgan fingerprint density at radius 1 is 0.963 bits per heavy atom. The zero-order chi connectivity index (χ0) is 19.1. The molecule has 5 nitrogen and oxygen atoms in total. The molecule has 4 aromatic rings. The van der Waals surface area contributed by atoms with E-state index < -0.39 is 5.97 Å². The third kappa shape index (κ3) is 2.87. The van der Waals surface area contributed by atoms with E-state index in [0.29, 0.717) is 5.82 Å². The van der Waals surface area contributed by atoms with Crippen LogP contribution in [0.4, 0.5) is 0 Å². The number of aryl methyl sites for hydroxylation is 3. The van der Waals surface area contributed by atoms with E-state index in [1.54, 1.807) is 12.1 Å². The summed E-state index contributed by atoms with van der Waals surface area (Å²) >= 11 is 0. The Balaban J connectivity index is 1.97. The molecule has 0 radical (unpaired) electrons. The minimum Gasteiger partial charge on any atom is -0.478 e. The second-order valence-electron chi connectivity index (χ2n) is 6.66. The maximum absolute atomic E-state index is 11.2. The number of rotatable bonds is 3. The maximum Gasteiger partial charge on any atom is 0.335 e. The molecule has 2 aromatic carbocycles. The van der Waals surface area contributed by atoms with Crippen molar-refractivity contribution in [2.45, 2.75) is 20.8 Å². The highest BCUT2D eigenvalue weighted by Crippen LogP contribution is 2.28. The van der Waals surface area contributed by atoms with Gasteiger partial charge in [0, 0.05) is 16.6 Å². The molecule has 134 valence electrons. The third-order valence-corrected chi connectivity index (χ3v) is 4.75. The van der Waals surface area contributed by atoms with Crippen LogP contribution < -0.4 is 0 Å². The molecule has 0 saturated carbocycles. The average molecular weight is 357 g/mol. The Labute approximate surface area is 157 Å². The van der Waals surface area contributed by atoms with Crippen LogP contribution in [0.5, 0.6) is 0 Å². The van der Waals surface area contributed by atoms with E-state index in [1.807, 2.05) is 57.2 Å². The maximum atomic E-state index is 11.2. The van der Waals surface area contributed by atoms with Gasteiger partial charge < -0.3 is 5.11 Å². The second kappa shape index (κ2) is 6.36. The number of aromatic carboxylic acids is 1. The molecule has 5 heteroatoms. The van der Waals surface area contributed by atoms with Crippen molar-refractivity contribution in [2.75, 3.05) is 0 Å². The molecule has 2 aromatic heterocycles. The highest BCUT2D eigenvalue weighted by atomic mass is 16.4. The Morgan fingerprint density at radius 2 is 1.70 bits per heavy atom. The Hall–Kier alpha value is -3.47. The number of carbonyl (C=O) groups is 1. The van der Waals surface area contributed by atoms with Crippen molar-refractivity contribution in [1.82, 2.24) is 14.5 Å². The van der Waals surface area contributed by atoms with Crippen LogP contribution in [0.3, 0.4) is 0 Å². The Kier molecular flexibility index (Phi) is 4.00. The molecule has 4 rings (SSSR count). The quantitative estimate of drug-likeness (QED) is 0.576. The summed E-state index contributed by atoms with van der Waals surface area (Å²) in [6, 6.07) is 17.1. The van der Waals surface area contributed by atoms with Gasteiger partial charge in [-0.05, 0) is 50.6 Å². The van der Waals surface area contributed by atoms with Crippen LogP contribution in [0.15, 0.2) is 54.6 Å². The molecule has 0 spiro atoms. The lowest BCUT2D eigenvalue weighted by Crippen LogP contribution is -2.04. The minimum absolute atomic E-state index is 0.279. The topological polar surface area (TPSA) is 68.0 Å². The molecular weight excluding hydrogens is 338 g/mol. The van der Waals surface area contributed by atoms with Gasteiger partial charge >= 0.3 is 5.97 Å². The van der Waals surface area contributed by atoms with Gasteiger partial charge in [0.15, 0.2) is 5.82 Å². The summed E-state index contributed by atoms with van der Waals surface area (Å²) in [5.74, 6) is -0.247. The van der Waals surface area contributed by atoms with Crippen LogP contribution in [0.1, 0.15) is 27.3 Å². The lowest BCUT2D eigenvalue weighted by Gasteiger charge is -2.12. The van der Waals surface area contributed by atoms with Crippen molar-refractivity contribution >= 4 is 17.0 Å². The summed E-state index contributed by atoms with van der Waals surface area (Å²) in [5, 5.41) is 10.2. The van der Waals surface area contributed by atoms with Gasteiger partial charge in [-0.2, -0.15) is 0 Å². The first-order valence-electron chi connectivity index (χ1n) is 8.72. The molecule has 0 atom stereocenters. The van der Waals surface area contributed by atoms with Crippen LogP contribution in [-0.2, 0) is 0 Å². The van der Waals surface area contributed by atoms with Gasteiger partial charge in [0.05, 0.1) is 16.9 Å². The normalized spacial score (nSPS) is 11.1. The van der Waals surface area contributed by atoms with E-state index in [1.165, 1.54) is 0 Å². The van der Waals surface area contributed by atoms with Crippen molar-refractivity contribution in [2.24, 2.45) is 0 Å². The summed E-state index contributed by atoms with van der Waals surface area (Å²) in [6.45, 7) is 5.92. The monoisotopic (exact) mass is 357 g/mol. The number of hydrogen-bond donors (Lipinski definition) is 1. The number of aromatic nitrogens is 3. The van der Waals surface area contributed by atoms with Crippen molar-refractivity contribution in [3.8, 4) is 17.1 Å². The fraction of sp³-hybridized carbons (Fsp3) is 0.136. The average Bonchev–Trinajstić information content (AvgIpc) is 2.99. The lowest BCUT2D eigenvalue weighted by atomic mass is 10.1. The van der Waals surface area contributed by atoms with Crippen LogP contribution in [0.2, 0.25) is 0 Å². The molecule has 0 aliphatic heterocycles. The van der Waals surface area contributed by atoms with Crippen LogP contribution >= 0.6 is 0 Å². The molecule has 0 aliphatic rings. The predicted octanol–water partition coefficient (Wildman–Crippen LogP) is 4.71. The number of carboxylic acids is 1. The fourth-order valence-corrected chi connectivity index (χ4v) is 3.41. The van der Waals surface area contributed by atoms with E-state index in [2.05, 4.69) is 15.6 Å². The molecule has 0 aliphatic carbocycles. The molecule has 0 bridgehead atoms. The first-order chi connectivity index (χ1) is 13.0. The SMILES string of the molecule is Cc1cc(C(=O)O)ccc1-n1c(C)cc2c(C)nc(-c3ccccc3)nc21. The van der Waals surface area contributed by atoms with Gasteiger partial charge in [0.1, 0.15) is 5.65 Å².